The molecule has 318 valence electrons. The molecule has 0 N–H and O–H groups in total. The third kappa shape index (κ3) is 36.8. The van der Waals surface area contributed by atoms with Crippen molar-refractivity contribution in [1.29, 1.82) is 0 Å². The van der Waals surface area contributed by atoms with Crippen LogP contribution in [0.15, 0.2) is 0 Å². The smallest absolute Gasteiger partial charge is 0.305 e. The van der Waals surface area contributed by atoms with Crippen molar-refractivity contribution in [2.24, 2.45) is 41.4 Å². The van der Waals surface area contributed by atoms with Crippen LogP contribution in [0, 0.1) is 41.4 Å². The van der Waals surface area contributed by atoms with Crippen molar-refractivity contribution in [3.63, 3.8) is 0 Å². The number of carbonyl (C=O) groups excluding carboxylic acids is 1. The fourth-order valence-electron chi connectivity index (χ4n) is 8.09. The molecule has 0 aromatic rings. The van der Waals surface area contributed by atoms with Crippen molar-refractivity contribution >= 4 is 5.97 Å². The molecule has 0 heterocycles. The van der Waals surface area contributed by atoms with Crippen molar-refractivity contribution in [2.45, 2.75) is 229 Å². The van der Waals surface area contributed by atoms with Crippen molar-refractivity contribution in [3.05, 3.63) is 0 Å². The Morgan fingerprint density at radius 3 is 1.32 bits per heavy atom. The molecule has 0 aromatic carbocycles. The number of ether oxygens (including phenoxy) is 2. The highest BCUT2D eigenvalue weighted by molar-refractivity contribution is 5.69. The average molecular weight is 750 g/mol. The number of hydrogen-bond acceptors (Lipinski definition) is 4. The first-order valence-corrected chi connectivity index (χ1v) is 23.8. The minimum Gasteiger partial charge on any atom is -0.466 e. The van der Waals surface area contributed by atoms with Crippen molar-refractivity contribution in [3.8, 4) is 0 Å². The number of rotatable bonds is 40. The summed E-state index contributed by atoms with van der Waals surface area (Å²) in [5.41, 5.74) is 0. The zero-order valence-corrected chi connectivity index (χ0v) is 38.1. The molecule has 0 saturated heterocycles. The normalized spacial score (nSPS) is 13.9. The van der Waals surface area contributed by atoms with E-state index >= 15 is 0 Å². The van der Waals surface area contributed by atoms with E-state index in [-0.39, 0.29) is 5.97 Å². The van der Waals surface area contributed by atoms with Gasteiger partial charge in [0.05, 0.1) is 6.61 Å². The molecular formula is C49H99NO3. The SMILES string of the molecule is CC(C)CCC(CCCOCCCCCCCCC(CCCCCCCC(=O)OCCCC(CCC(C)C)C(C)C)CCCCCCN(C)C)C(C)C. The maximum Gasteiger partial charge on any atom is 0.305 e. The van der Waals surface area contributed by atoms with Crippen molar-refractivity contribution in [2.75, 3.05) is 40.5 Å². The third-order valence-electron chi connectivity index (χ3n) is 12.1. The van der Waals surface area contributed by atoms with E-state index in [0.29, 0.717) is 18.9 Å². The molecule has 53 heavy (non-hydrogen) atoms. The fourth-order valence-corrected chi connectivity index (χ4v) is 8.09. The van der Waals surface area contributed by atoms with E-state index in [9.17, 15) is 4.79 Å². The lowest BCUT2D eigenvalue weighted by Crippen LogP contribution is -2.12. The highest BCUT2D eigenvalue weighted by atomic mass is 16.5. The molecule has 0 amide bonds. The minimum atomic E-state index is 0.0188. The van der Waals surface area contributed by atoms with E-state index in [1.54, 1.807) is 0 Å². The van der Waals surface area contributed by atoms with Crippen LogP contribution in [0.5, 0.6) is 0 Å². The van der Waals surface area contributed by atoms with Crippen LogP contribution in [0.25, 0.3) is 0 Å². The first-order chi connectivity index (χ1) is 25.4. The Morgan fingerprint density at radius 2 is 0.849 bits per heavy atom. The third-order valence-corrected chi connectivity index (χ3v) is 12.1. The van der Waals surface area contributed by atoms with Crippen molar-refractivity contribution in [1.82, 2.24) is 4.90 Å². The van der Waals surface area contributed by atoms with Gasteiger partial charge in [-0.3, -0.25) is 4.79 Å². The Balaban J connectivity index is 4.10. The van der Waals surface area contributed by atoms with E-state index in [0.717, 1.165) is 61.6 Å². The molecule has 0 fully saturated rings. The molecule has 0 saturated carbocycles. The summed E-state index contributed by atoms with van der Waals surface area (Å²) >= 11 is 0. The van der Waals surface area contributed by atoms with Gasteiger partial charge in [0.15, 0.2) is 0 Å². The van der Waals surface area contributed by atoms with Crippen LogP contribution in [-0.2, 0) is 14.3 Å². The van der Waals surface area contributed by atoms with Crippen LogP contribution < -0.4 is 0 Å². The van der Waals surface area contributed by atoms with Gasteiger partial charge < -0.3 is 14.4 Å². The monoisotopic (exact) mass is 750 g/mol. The largest absolute Gasteiger partial charge is 0.466 e. The number of nitrogens with zero attached hydrogens (tertiary/aromatic N) is 1. The first-order valence-electron chi connectivity index (χ1n) is 23.8. The molecule has 0 bridgehead atoms. The van der Waals surface area contributed by atoms with Gasteiger partial charge in [-0.2, -0.15) is 0 Å². The summed E-state index contributed by atoms with van der Waals surface area (Å²) in [5, 5.41) is 0. The summed E-state index contributed by atoms with van der Waals surface area (Å²) in [7, 11) is 4.38. The zero-order chi connectivity index (χ0) is 39.5. The van der Waals surface area contributed by atoms with Crippen molar-refractivity contribution < 1.29 is 14.3 Å². The number of unbranched alkanes of at least 4 members (excludes halogenated alkanes) is 12. The lowest BCUT2D eigenvalue weighted by atomic mass is 9.85. The highest BCUT2D eigenvalue weighted by Gasteiger charge is 2.15. The second-order valence-corrected chi connectivity index (χ2v) is 19.2. The predicted octanol–water partition coefficient (Wildman–Crippen LogP) is 15.1. The fraction of sp³-hybridized carbons (Fsp3) is 0.980. The molecule has 3 unspecified atom stereocenters. The lowest BCUT2D eigenvalue weighted by Gasteiger charge is -2.21. The zero-order valence-electron chi connectivity index (χ0n) is 38.1. The predicted molar refractivity (Wildman–Crippen MR) is 235 cm³/mol. The van der Waals surface area contributed by atoms with Gasteiger partial charge in [-0.1, -0.05) is 165 Å². The van der Waals surface area contributed by atoms with E-state index in [1.165, 1.54) is 161 Å². The molecule has 3 atom stereocenters. The Morgan fingerprint density at radius 1 is 0.434 bits per heavy atom. The molecule has 0 aliphatic carbocycles. The molecular weight excluding hydrogens is 651 g/mol. The van der Waals surface area contributed by atoms with Gasteiger partial charge >= 0.3 is 5.97 Å². The summed E-state index contributed by atoms with van der Waals surface area (Å²) in [6.45, 7) is 22.5. The van der Waals surface area contributed by atoms with Gasteiger partial charge in [0, 0.05) is 19.6 Å². The van der Waals surface area contributed by atoms with Gasteiger partial charge in [-0.25, -0.2) is 0 Å². The van der Waals surface area contributed by atoms with Crippen LogP contribution in [0.3, 0.4) is 0 Å². The number of esters is 1. The topological polar surface area (TPSA) is 38.8 Å². The standard InChI is InChI=1S/C49H99NO3/c1-42(2)34-36-47(44(5)6)31-26-40-52-39-25-19-12-11-14-20-28-46(30-22-17-18-24-38-50(9)10)29-21-15-13-16-23-33-49(51)53-41-27-32-48(45(7)8)37-35-43(3)4/h42-48H,11-41H2,1-10H3. The summed E-state index contributed by atoms with van der Waals surface area (Å²) in [6.07, 6.45) is 34.7. The Kier molecular flexibility index (Phi) is 36.6. The van der Waals surface area contributed by atoms with E-state index < -0.39 is 0 Å². The van der Waals surface area contributed by atoms with Crippen LogP contribution in [0.4, 0.5) is 0 Å². The Labute approximate surface area is 334 Å². The molecule has 0 aliphatic heterocycles. The summed E-state index contributed by atoms with van der Waals surface area (Å²) in [5.74, 6) is 5.65. The molecule has 0 spiro atoms. The van der Waals surface area contributed by atoms with Crippen LogP contribution >= 0.6 is 0 Å². The molecule has 0 radical (unpaired) electrons. The Bertz CT molecular complexity index is 763. The maximum absolute atomic E-state index is 12.3. The second kappa shape index (κ2) is 37.0. The molecule has 0 aliphatic rings. The quantitative estimate of drug-likeness (QED) is 0.0462. The van der Waals surface area contributed by atoms with Crippen LogP contribution in [0.2, 0.25) is 0 Å². The van der Waals surface area contributed by atoms with Gasteiger partial charge in [0.25, 0.3) is 0 Å². The minimum absolute atomic E-state index is 0.0188. The highest BCUT2D eigenvalue weighted by Crippen LogP contribution is 2.27. The summed E-state index contributed by atoms with van der Waals surface area (Å²) in [6, 6.07) is 0. The Hall–Kier alpha value is -0.610. The average Bonchev–Trinajstić information content (AvgIpc) is 3.09. The van der Waals surface area contributed by atoms with Gasteiger partial charge in [-0.15, -0.1) is 0 Å². The molecule has 4 heteroatoms. The van der Waals surface area contributed by atoms with Crippen LogP contribution in [-0.4, -0.2) is 51.3 Å². The van der Waals surface area contributed by atoms with E-state index in [2.05, 4.69) is 74.4 Å². The van der Waals surface area contributed by atoms with Gasteiger partial charge in [0.1, 0.15) is 0 Å². The first kappa shape index (κ1) is 52.4. The molecule has 0 rings (SSSR count). The molecule has 0 aromatic heterocycles. The molecule has 4 nitrogen and oxygen atoms in total. The lowest BCUT2D eigenvalue weighted by molar-refractivity contribution is -0.144. The second-order valence-electron chi connectivity index (χ2n) is 19.2. The van der Waals surface area contributed by atoms with E-state index in [4.69, 9.17) is 9.47 Å². The van der Waals surface area contributed by atoms with Crippen LogP contribution in [0.1, 0.15) is 229 Å². The van der Waals surface area contributed by atoms with E-state index in [1.807, 2.05) is 0 Å². The summed E-state index contributed by atoms with van der Waals surface area (Å²) in [4.78, 5) is 14.6. The summed E-state index contributed by atoms with van der Waals surface area (Å²) < 4.78 is 11.6. The van der Waals surface area contributed by atoms with Gasteiger partial charge in [-0.05, 0) is 120 Å². The maximum atomic E-state index is 12.3. The van der Waals surface area contributed by atoms with Gasteiger partial charge in [0.2, 0.25) is 0 Å². The number of carbonyl (C=O) groups is 1. The number of hydrogen-bond donors (Lipinski definition) is 0.